The second-order valence-corrected chi connectivity index (χ2v) is 3.83. The van der Waals surface area contributed by atoms with Crippen LogP contribution in [0.25, 0.3) is 0 Å². The minimum Gasteiger partial charge on any atom is -0.330 e. The van der Waals surface area contributed by atoms with Crippen molar-refractivity contribution in [3.63, 3.8) is 0 Å². The number of benzene rings is 1. The van der Waals surface area contributed by atoms with E-state index in [1.807, 2.05) is 0 Å². The lowest BCUT2D eigenvalue weighted by molar-refractivity contribution is -0.137. The molecule has 0 saturated heterocycles. The van der Waals surface area contributed by atoms with Crippen LogP contribution in [0.2, 0.25) is 5.02 Å². The van der Waals surface area contributed by atoms with Crippen LogP contribution in [0, 0.1) is 0 Å². The van der Waals surface area contributed by atoms with Crippen molar-refractivity contribution in [2.24, 2.45) is 11.5 Å². The molecule has 0 bridgehead atoms. The lowest BCUT2D eigenvalue weighted by Gasteiger charge is -2.14. The monoisotopic (exact) mass is 288 g/mol. The van der Waals surface area contributed by atoms with Crippen LogP contribution in [0.4, 0.5) is 13.2 Å². The number of nitrogens with two attached hydrogens (primary N) is 2. The molecule has 0 saturated carbocycles. The SMILES string of the molecule is Cl.NCC[C@@H](N)c1ccc(C(F)(F)F)c(Cl)c1. The van der Waals surface area contributed by atoms with Crippen LogP contribution in [-0.2, 0) is 6.18 Å². The van der Waals surface area contributed by atoms with E-state index in [1.54, 1.807) is 0 Å². The maximum Gasteiger partial charge on any atom is 0.417 e. The van der Waals surface area contributed by atoms with Crippen LogP contribution in [0.3, 0.4) is 0 Å². The summed E-state index contributed by atoms with van der Waals surface area (Å²) in [6.07, 6.45) is -3.94. The van der Waals surface area contributed by atoms with Crippen molar-refractivity contribution in [2.75, 3.05) is 6.54 Å². The fourth-order valence-corrected chi connectivity index (χ4v) is 1.63. The summed E-state index contributed by atoms with van der Waals surface area (Å²) in [5.74, 6) is 0. The highest BCUT2D eigenvalue weighted by Gasteiger charge is 2.33. The van der Waals surface area contributed by atoms with Crippen molar-refractivity contribution in [3.05, 3.63) is 34.3 Å². The highest BCUT2D eigenvalue weighted by molar-refractivity contribution is 6.31. The van der Waals surface area contributed by atoms with Gasteiger partial charge in [0, 0.05) is 6.04 Å². The van der Waals surface area contributed by atoms with Crippen LogP contribution in [0.15, 0.2) is 18.2 Å². The van der Waals surface area contributed by atoms with Gasteiger partial charge in [-0.1, -0.05) is 17.7 Å². The number of rotatable bonds is 3. The van der Waals surface area contributed by atoms with Crippen LogP contribution in [-0.4, -0.2) is 6.54 Å². The zero-order chi connectivity index (χ0) is 12.3. The highest BCUT2D eigenvalue weighted by atomic mass is 35.5. The van der Waals surface area contributed by atoms with Crippen LogP contribution < -0.4 is 11.5 Å². The van der Waals surface area contributed by atoms with Crippen molar-refractivity contribution >= 4 is 24.0 Å². The summed E-state index contributed by atoms with van der Waals surface area (Å²) in [7, 11) is 0. The van der Waals surface area contributed by atoms with Gasteiger partial charge in [-0.15, -0.1) is 12.4 Å². The summed E-state index contributed by atoms with van der Waals surface area (Å²) in [4.78, 5) is 0. The first-order valence-electron chi connectivity index (χ1n) is 4.68. The van der Waals surface area contributed by atoms with E-state index in [0.717, 1.165) is 6.07 Å². The molecule has 0 fully saturated rings. The van der Waals surface area contributed by atoms with Crippen LogP contribution >= 0.6 is 24.0 Å². The first-order valence-corrected chi connectivity index (χ1v) is 5.06. The Balaban J connectivity index is 0.00000256. The Labute approximate surface area is 109 Å². The zero-order valence-corrected chi connectivity index (χ0v) is 10.4. The third-order valence-corrected chi connectivity index (χ3v) is 2.52. The lowest BCUT2D eigenvalue weighted by Crippen LogP contribution is -2.16. The number of halogens is 5. The Kier molecular flexibility index (Phi) is 6.26. The molecule has 0 amide bonds. The van der Waals surface area contributed by atoms with E-state index >= 15 is 0 Å². The van der Waals surface area contributed by atoms with E-state index in [-0.39, 0.29) is 23.5 Å². The summed E-state index contributed by atoms with van der Waals surface area (Å²) < 4.78 is 37.2. The van der Waals surface area contributed by atoms with Crippen molar-refractivity contribution in [3.8, 4) is 0 Å². The van der Waals surface area contributed by atoms with Gasteiger partial charge in [-0.25, -0.2) is 0 Å². The molecule has 1 aromatic carbocycles. The smallest absolute Gasteiger partial charge is 0.330 e. The van der Waals surface area contributed by atoms with E-state index in [9.17, 15) is 13.2 Å². The quantitative estimate of drug-likeness (QED) is 0.898. The maximum absolute atomic E-state index is 12.4. The molecule has 2 nitrogen and oxygen atoms in total. The first-order chi connectivity index (χ1) is 7.36. The maximum atomic E-state index is 12.4. The summed E-state index contributed by atoms with van der Waals surface area (Å²) in [6.45, 7) is 0.375. The third-order valence-electron chi connectivity index (χ3n) is 2.20. The normalized spacial score (nSPS) is 13.1. The molecule has 0 aromatic heterocycles. The van der Waals surface area contributed by atoms with Gasteiger partial charge in [0.1, 0.15) is 0 Å². The number of alkyl halides is 3. The number of hydrogen-bond acceptors (Lipinski definition) is 2. The Morgan fingerprint density at radius 3 is 2.29 bits per heavy atom. The minimum atomic E-state index is -4.44. The van der Waals surface area contributed by atoms with E-state index in [0.29, 0.717) is 18.5 Å². The average molecular weight is 289 g/mol. The Morgan fingerprint density at radius 1 is 1.29 bits per heavy atom. The standard InChI is InChI=1S/C10H12ClF3N2.ClH/c11-8-5-6(9(16)3-4-15)1-2-7(8)10(12,13)14;/h1-2,5,9H,3-4,15-16H2;1H/t9-;/m1./s1. The Hall–Kier alpha value is -0.490. The molecule has 1 rings (SSSR count). The van der Waals surface area contributed by atoms with Crippen molar-refractivity contribution in [1.29, 1.82) is 0 Å². The fourth-order valence-electron chi connectivity index (χ4n) is 1.34. The molecule has 0 heterocycles. The van der Waals surface area contributed by atoms with Gasteiger partial charge in [0.2, 0.25) is 0 Å². The molecule has 1 atom stereocenters. The fraction of sp³-hybridized carbons (Fsp3) is 0.400. The van der Waals surface area contributed by atoms with Crippen LogP contribution in [0.5, 0.6) is 0 Å². The largest absolute Gasteiger partial charge is 0.417 e. The molecule has 0 aliphatic rings. The van der Waals surface area contributed by atoms with Crippen molar-refractivity contribution < 1.29 is 13.2 Å². The summed E-state index contributed by atoms with van der Waals surface area (Å²) >= 11 is 5.55. The highest BCUT2D eigenvalue weighted by Crippen LogP contribution is 2.35. The van der Waals surface area contributed by atoms with E-state index in [4.69, 9.17) is 23.1 Å². The van der Waals surface area contributed by atoms with Gasteiger partial charge >= 0.3 is 6.18 Å². The summed E-state index contributed by atoms with van der Waals surface area (Å²) in [5, 5.41) is -0.336. The van der Waals surface area contributed by atoms with Gasteiger partial charge in [0.15, 0.2) is 0 Å². The van der Waals surface area contributed by atoms with E-state index < -0.39 is 11.7 Å². The molecule has 4 N–H and O–H groups in total. The number of hydrogen-bond donors (Lipinski definition) is 2. The lowest BCUT2D eigenvalue weighted by atomic mass is 10.0. The van der Waals surface area contributed by atoms with Crippen molar-refractivity contribution in [2.45, 2.75) is 18.6 Å². The molecule has 0 spiro atoms. The molecule has 0 radical (unpaired) electrons. The van der Waals surface area contributed by atoms with Crippen molar-refractivity contribution in [1.82, 2.24) is 0 Å². The molecule has 0 aliphatic carbocycles. The second kappa shape index (κ2) is 6.44. The predicted molar refractivity (Wildman–Crippen MR) is 64.3 cm³/mol. The Bertz CT molecular complexity index is 369. The van der Waals surface area contributed by atoms with Crippen LogP contribution in [0.1, 0.15) is 23.6 Å². The molecular weight excluding hydrogens is 276 g/mol. The third kappa shape index (κ3) is 4.35. The molecule has 0 unspecified atom stereocenters. The molecule has 17 heavy (non-hydrogen) atoms. The summed E-state index contributed by atoms with van der Waals surface area (Å²) in [5.41, 5.74) is 10.7. The van der Waals surface area contributed by atoms with Gasteiger partial charge in [-0.2, -0.15) is 13.2 Å². The van der Waals surface area contributed by atoms with Gasteiger partial charge in [0.25, 0.3) is 0 Å². The zero-order valence-electron chi connectivity index (χ0n) is 8.80. The van der Waals surface area contributed by atoms with Gasteiger partial charge in [-0.3, -0.25) is 0 Å². The topological polar surface area (TPSA) is 52.0 Å². The van der Waals surface area contributed by atoms with E-state index in [1.165, 1.54) is 12.1 Å². The molecular formula is C10H13Cl2F3N2. The van der Waals surface area contributed by atoms with E-state index in [2.05, 4.69) is 0 Å². The summed E-state index contributed by atoms with van der Waals surface area (Å²) in [6, 6.07) is 3.12. The van der Waals surface area contributed by atoms with Gasteiger partial charge in [0.05, 0.1) is 10.6 Å². The van der Waals surface area contributed by atoms with Gasteiger partial charge < -0.3 is 11.5 Å². The Morgan fingerprint density at radius 2 is 1.88 bits per heavy atom. The molecule has 98 valence electrons. The average Bonchev–Trinajstić information content (AvgIpc) is 2.16. The minimum absolute atomic E-state index is 0. The first kappa shape index (κ1) is 16.5. The van der Waals surface area contributed by atoms with Gasteiger partial charge in [-0.05, 0) is 30.7 Å². The molecule has 0 aliphatic heterocycles. The molecule has 1 aromatic rings. The second-order valence-electron chi connectivity index (χ2n) is 3.42. The predicted octanol–water partition coefficient (Wildman–Crippen LogP) is 3.13. The molecule has 7 heteroatoms.